The van der Waals surface area contributed by atoms with E-state index >= 15 is 0 Å². The summed E-state index contributed by atoms with van der Waals surface area (Å²) in [6.07, 6.45) is 0. The Hall–Kier alpha value is -4.59. The molecule has 1 aliphatic rings. The highest BCUT2D eigenvalue weighted by molar-refractivity contribution is 6.51. The number of esters is 1. The summed E-state index contributed by atoms with van der Waals surface area (Å²) in [7, 11) is 1.51. The van der Waals surface area contributed by atoms with Crippen LogP contribution in [0.5, 0.6) is 11.5 Å². The number of nitrogens with zero attached hydrogens (tertiary/aromatic N) is 1. The summed E-state index contributed by atoms with van der Waals surface area (Å²) in [6.45, 7) is 1.86. The number of methoxy groups -OCH3 is 1. The Kier molecular flexibility index (Phi) is 6.55. The maximum atomic E-state index is 13.3. The van der Waals surface area contributed by atoms with E-state index in [1.165, 1.54) is 30.2 Å². The number of hydrogen-bond donors (Lipinski definition) is 2. The van der Waals surface area contributed by atoms with E-state index in [4.69, 9.17) is 9.47 Å². The first-order valence-corrected chi connectivity index (χ1v) is 10.9. The van der Waals surface area contributed by atoms with Crippen molar-refractivity contribution in [2.24, 2.45) is 0 Å². The smallest absolute Gasteiger partial charge is 0.338 e. The number of phenolic OH excluding ortho intramolecular Hbond substituents is 1. The Labute approximate surface area is 201 Å². The number of Topliss-reactive ketones (excluding diaryl/α,β-unsaturated/α-hetero) is 1. The molecule has 1 saturated heterocycles. The summed E-state index contributed by atoms with van der Waals surface area (Å²) >= 11 is 0. The third kappa shape index (κ3) is 4.46. The molecule has 3 aromatic rings. The van der Waals surface area contributed by atoms with Crippen molar-refractivity contribution in [3.05, 3.63) is 95.1 Å². The molecule has 1 amide bonds. The number of ether oxygens (including phenoxy) is 2. The maximum Gasteiger partial charge on any atom is 0.338 e. The van der Waals surface area contributed by atoms with Gasteiger partial charge in [0, 0.05) is 11.3 Å². The van der Waals surface area contributed by atoms with Crippen LogP contribution in [0.3, 0.4) is 0 Å². The number of amides is 1. The van der Waals surface area contributed by atoms with Crippen LogP contribution in [0.2, 0.25) is 0 Å². The summed E-state index contributed by atoms with van der Waals surface area (Å²) in [6, 6.07) is 17.6. The van der Waals surface area contributed by atoms with Gasteiger partial charge in [-0.1, -0.05) is 18.2 Å². The molecule has 1 heterocycles. The molecule has 4 rings (SSSR count). The number of carbonyl (C=O) groups is 3. The molecule has 2 N–H and O–H groups in total. The highest BCUT2D eigenvalue weighted by atomic mass is 16.5. The Morgan fingerprint density at radius 1 is 0.971 bits per heavy atom. The second-order valence-corrected chi connectivity index (χ2v) is 7.76. The lowest BCUT2D eigenvalue weighted by molar-refractivity contribution is -0.132. The quantitative estimate of drug-likeness (QED) is 0.239. The molecule has 3 aromatic carbocycles. The molecule has 0 radical (unpaired) electrons. The standard InChI is InChI=1S/C27H23NO7/c1-3-35-27(33)18-7-4-8-19(14-18)28-23(17-6-5-9-20(29)15-17)22(25(31)26(28)32)24(30)16-10-12-21(34-2)13-11-16/h4-15,23,29-30H,3H2,1-2H3/b24-22+. The zero-order valence-electron chi connectivity index (χ0n) is 19.1. The molecule has 1 fully saturated rings. The number of aromatic hydroxyl groups is 1. The van der Waals surface area contributed by atoms with Crippen LogP contribution in [0.1, 0.15) is 34.5 Å². The summed E-state index contributed by atoms with van der Waals surface area (Å²) in [5.41, 5.74) is 1.04. The number of carbonyl (C=O) groups excluding carboxylic acids is 3. The molecular formula is C27H23NO7. The molecule has 0 saturated carbocycles. The minimum atomic E-state index is -1.05. The Morgan fingerprint density at radius 3 is 2.34 bits per heavy atom. The fourth-order valence-electron chi connectivity index (χ4n) is 4.01. The monoisotopic (exact) mass is 473 g/mol. The molecule has 1 unspecified atom stereocenters. The van der Waals surface area contributed by atoms with Crippen molar-refractivity contribution >= 4 is 29.1 Å². The Balaban J connectivity index is 1.90. The van der Waals surface area contributed by atoms with Gasteiger partial charge in [0.25, 0.3) is 11.7 Å². The van der Waals surface area contributed by atoms with Crippen molar-refractivity contribution in [3.8, 4) is 11.5 Å². The van der Waals surface area contributed by atoms with Crippen LogP contribution in [0.25, 0.3) is 5.76 Å². The Bertz CT molecular complexity index is 1330. The van der Waals surface area contributed by atoms with E-state index in [0.717, 1.165) is 0 Å². The van der Waals surface area contributed by atoms with E-state index in [9.17, 15) is 24.6 Å². The molecule has 0 aromatic heterocycles. The van der Waals surface area contributed by atoms with E-state index < -0.39 is 23.7 Å². The van der Waals surface area contributed by atoms with E-state index in [1.807, 2.05) is 0 Å². The van der Waals surface area contributed by atoms with E-state index in [-0.39, 0.29) is 34.9 Å². The first kappa shape index (κ1) is 23.6. The summed E-state index contributed by atoms with van der Waals surface area (Å²) in [5.74, 6) is -2.23. The lowest BCUT2D eigenvalue weighted by Gasteiger charge is -2.26. The van der Waals surface area contributed by atoms with Crippen molar-refractivity contribution in [2.45, 2.75) is 13.0 Å². The van der Waals surface area contributed by atoms with Gasteiger partial charge in [0.05, 0.1) is 30.9 Å². The van der Waals surface area contributed by atoms with Gasteiger partial charge in [-0.25, -0.2) is 4.79 Å². The molecule has 1 aliphatic heterocycles. The zero-order chi connectivity index (χ0) is 25.1. The summed E-state index contributed by atoms with van der Waals surface area (Å²) < 4.78 is 10.2. The Morgan fingerprint density at radius 2 is 1.69 bits per heavy atom. The summed E-state index contributed by atoms with van der Waals surface area (Å²) in [4.78, 5) is 40.0. The lowest BCUT2D eigenvalue weighted by atomic mass is 9.95. The third-order valence-electron chi connectivity index (χ3n) is 5.63. The fraction of sp³-hybridized carbons (Fsp3) is 0.148. The molecule has 0 bridgehead atoms. The molecule has 0 aliphatic carbocycles. The van der Waals surface area contributed by atoms with Crippen LogP contribution >= 0.6 is 0 Å². The van der Waals surface area contributed by atoms with Gasteiger partial charge >= 0.3 is 5.97 Å². The van der Waals surface area contributed by atoms with E-state index in [0.29, 0.717) is 16.9 Å². The van der Waals surface area contributed by atoms with E-state index in [2.05, 4.69) is 0 Å². The van der Waals surface area contributed by atoms with Crippen LogP contribution in [0, 0.1) is 0 Å². The number of benzene rings is 3. The lowest BCUT2D eigenvalue weighted by Crippen LogP contribution is -2.29. The maximum absolute atomic E-state index is 13.3. The average molecular weight is 473 g/mol. The first-order valence-electron chi connectivity index (χ1n) is 10.9. The van der Waals surface area contributed by atoms with Crippen molar-refractivity contribution in [2.75, 3.05) is 18.6 Å². The molecule has 1 atom stereocenters. The van der Waals surface area contributed by atoms with Gasteiger partial charge in [0.15, 0.2) is 0 Å². The van der Waals surface area contributed by atoms with Gasteiger partial charge in [-0.05, 0) is 67.1 Å². The number of hydrogen-bond acceptors (Lipinski definition) is 7. The first-order chi connectivity index (χ1) is 16.8. The van der Waals surface area contributed by atoms with Crippen molar-refractivity contribution in [3.63, 3.8) is 0 Å². The highest BCUT2D eigenvalue weighted by Crippen LogP contribution is 2.43. The van der Waals surface area contributed by atoms with E-state index in [1.54, 1.807) is 61.5 Å². The fourth-order valence-corrected chi connectivity index (χ4v) is 4.01. The SMILES string of the molecule is CCOC(=O)c1cccc(N2C(=O)C(=O)/C(=C(/O)c3ccc(OC)cc3)C2c2cccc(O)c2)c1. The number of aliphatic hydroxyl groups is 1. The zero-order valence-corrected chi connectivity index (χ0v) is 19.1. The largest absolute Gasteiger partial charge is 0.508 e. The number of ketones is 1. The van der Waals surface area contributed by atoms with Crippen LogP contribution in [0.15, 0.2) is 78.4 Å². The minimum absolute atomic E-state index is 0.0715. The normalized spacial score (nSPS) is 16.9. The summed E-state index contributed by atoms with van der Waals surface area (Å²) in [5, 5.41) is 21.2. The molecule has 35 heavy (non-hydrogen) atoms. The topological polar surface area (TPSA) is 113 Å². The van der Waals surface area contributed by atoms with Gasteiger partial charge in [-0.2, -0.15) is 0 Å². The second-order valence-electron chi connectivity index (χ2n) is 7.76. The molecule has 0 spiro atoms. The van der Waals surface area contributed by atoms with Crippen molar-refractivity contribution in [1.82, 2.24) is 0 Å². The number of phenols is 1. The van der Waals surface area contributed by atoms with Crippen LogP contribution in [-0.2, 0) is 14.3 Å². The highest BCUT2D eigenvalue weighted by Gasteiger charge is 2.47. The van der Waals surface area contributed by atoms with Gasteiger partial charge in [0.1, 0.15) is 17.3 Å². The molecule has 178 valence electrons. The van der Waals surface area contributed by atoms with Gasteiger partial charge in [-0.3, -0.25) is 14.5 Å². The second kappa shape index (κ2) is 9.72. The third-order valence-corrected chi connectivity index (χ3v) is 5.63. The average Bonchev–Trinajstić information content (AvgIpc) is 3.14. The number of aliphatic hydroxyl groups excluding tert-OH is 1. The minimum Gasteiger partial charge on any atom is -0.508 e. The molecule has 8 heteroatoms. The predicted molar refractivity (Wildman–Crippen MR) is 128 cm³/mol. The predicted octanol–water partition coefficient (Wildman–Crippen LogP) is 4.20. The van der Waals surface area contributed by atoms with Gasteiger partial charge in [0.2, 0.25) is 0 Å². The van der Waals surface area contributed by atoms with Gasteiger partial charge in [-0.15, -0.1) is 0 Å². The van der Waals surface area contributed by atoms with Gasteiger partial charge < -0.3 is 19.7 Å². The van der Waals surface area contributed by atoms with Crippen LogP contribution in [-0.4, -0.2) is 41.6 Å². The number of rotatable bonds is 6. The van der Waals surface area contributed by atoms with Crippen molar-refractivity contribution in [1.29, 1.82) is 0 Å². The van der Waals surface area contributed by atoms with Crippen LogP contribution in [0.4, 0.5) is 5.69 Å². The van der Waals surface area contributed by atoms with Crippen LogP contribution < -0.4 is 9.64 Å². The molecule has 8 nitrogen and oxygen atoms in total. The van der Waals surface area contributed by atoms with Crippen molar-refractivity contribution < 1.29 is 34.1 Å². The number of anilines is 1. The molecular weight excluding hydrogens is 450 g/mol.